The largest absolute Gasteiger partial charge is 0.469 e. The van der Waals surface area contributed by atoms with Crippen LogP contribution in [0, 0.1) is 5.92 Å². The minimum atomic E-state index is -0.409. The summed E-state index contributed by atoms with van der Waals surface area (Å²) in [5, 5.41) is 4.69. The van der Waals surface area contributed by atoms with Crippen LogP contribution in [0.3, 0.4) is 0 Å². The maximum Gasteiger partial charge on any atom is 0.310 e. The molecule has 0 N–H and O–H groups in total. The van der Waals surface area contributed by atoms with Crippen LogP contribution in [0.25, 0.3) is 11.3 Å². The monoisotopic (exact) mass is 391 g/mol. The van der Waals surface area contributed by atoms with Crippen molar-refractivity contribution in [2.45, 2.75) is 13.5 Å². The molecule has 0 radical (unpaired) electrons. The Balaban J connectivity index is 1.91. The zero-order valence-electron chi connectivity index (χ0n) is 16.9. The first-order valence-electron chi connectivity index (χ1n) is 9.49. The van der Waals surface area contributed by atoms with E-state index in [1.54, 1.807) is 24.9 Å². The molecule has 0 saturated heterocycles. The number of hydrogen-bond acceptors (Lipinski definition) is 4. The molecular formula is C23H25N3O3. The summed E-state index contributed by atoms with van der Waals surface area (Å²) in [6, 6.07) is 19.6. The van der Waals surface area contributed by atoms with Crippen molar-refractivity contribution >= 4 is 11.9 Å². The molecule has 3 rings (SSSR count). The number of benzene rings is 2. The van der Waals surface area contributed by atoms with Crippen LogP contribution >= 0.6 is 0 Å². The zero-order chi connectivity index (χ0) is 20.8. The van der Waals surface area contributed by atoms with E-state index in [-0.39, 0.29) is 18.4 Å². The molecule has 0 spiro atoms. The first kappa shape index (κ1) is 20.3. The quantitative estimate of drug-likeness (QED) is 0.579. The summed E-state index contributed by atoms with van der Waals surface area (Å²) in [7, 11) is 3.03. The molecule has 1 aromatic heterocycles. The van der Waals surface area contributed by atoms with Crippen LogP contribution in [-0.2, 0) is 16.1 Å². The normalized spacial score (nSPS) is 11.7. The van der Waals surface area contributed by atoms with Crippen LogP contribution < -0.4 is 0 Å². The molecule has 0 saturated carbocycles. The van der Waals surface area contributed by atoms with Crippen LogP contribution in [0.5, 0.6) is 0 Å². The molecule has 0 fully saturated rings. The van der Waals surface area contributed by atoms with Gasteiger partial charge in [0, 0.05) is 25.4 Å². The Morgan fingerprint density at radius 2 is 1.69 bits per heavy atom. The molecule has 1 atom stereocenters. The Morgan fingerprint density at radius 3 is 2.31 bits per heavy atom. The molecular weight excluding hydrogens is 366 g/mol. The lowest BCUT2D eigenvalue weighted by molar-refractivity contribution is -0.145. The minimum Gasteiger partial charge on any atom is -0.469 e. The van der Waals surface area contributed by atoms with Gasteiger partial charge in [0.2, 0.25) is 0 Å². The molecule has 150 valence electrons. The van der Waals surface area contributed by atoms with Crippen LogP contribution in [0.4, 0.5) is 0 Å². The Labute approximate surface area is 170 Å². The van der Waals surface area contributed by atoms with E-state index in [2.05, 4.69) is 5.10 Å². The highest BCUT2D eigenvalue weighted by molar-refractivity contribution is 5.99. The van der Waals surface area contributed by atoms with E-state index in [1.807, 2.05) is 60.7 Å². The molecule has 1 amide bonds. The fourth-order valence-electron chi connectivity index (χ4n) is 3.21. The second-order valence-corrected chi connectivity index (χ2v) is 7.05. The second-order valence-electron chi connectivity index (χ2n) is 7.05. The van der Waals surface area contributed by atoms with E-state index in [9.17, 15) is 9.59 Å². The van der Waals surface area contributed by atoms with Gasteiger partial charge in [0.1, 0.15) is 5.69 Å². The van der Waals surface area contributed by atoms with Crippen molar-refractivity contribution < 1.29 is 14.3 Å². The Hall–Kier alpha value is -3.41. The Kier molecular flexibility index (Phi) is 6.44. The summed E-state index contributed by atoms with van der Waals surface area (Å²) in [4.78, 5) is 26.4. The molecule has 0 aliphatic carbocycles. The van der Waals surface area contributed by atoms with Gasteiger partial charge < -0.3 is 9.64 Å². The molecule has 1 heterocycles. The van der Waals surface area contributed by atoms with Crippen LogP contribution in [0.2, 0.25) is 0 Å². The van der Waals surface area contributed by atoms with Gasteiger partial charge in [-0.25, -0.2) is 0 Å². The van der Waals surface area contributed by atoms with Gasteiger partial charge in [0.15, 0.2) is 0 Å². The molecule has 2 aromatic carbocycles. The lowest BCUT2D eigenvalue weighted by atomic mass is 10.1. The number of ether oxygens (including phenoxy) is 1. The molecule has 6 nitrogen and oxygen atoms in total. The summed E-state index contributed by atoms with van der Waals surface area (Å²) >= 11 is 0. The number of hydrogen-bond donors (Lipinski definition) is 0. The third kappa shape index (κ3) is 4.90. The maximum atomic E-state index is 13.2. The van der Waals surface area contributed by atoms with Gasteiger partial charge in [-0.3, -0.25) is 14.3 Å². The highest BCUT2D eigenvalue weighted by atomic mass is 16.5. The van der Waals surface area contributed by atoms with Crippen molar-refractivity contribution in [3.05, 3.63) is 78.0 Å². The minimum absolute atomic E-state index is 0.182. The van der Waals surface area contributed by atoms with E-state index in [0.717, 1.165) is 11.1 Å². The third-order valence-electron chi connectivity index (χ3n) is 4.72. The Morgan fingerprint density at radius 1 is 1.07 bits per heavy atom. The van der Waals surface area contributed by atoms with Gasteiger partial charge in [-0.1, -0.05) is 67.6 Å². The number of nitrogens with zero attached hydrogens (tertiary/aromatic N) is 3. The van der Waals surface area contributed by atoms with Gasteiger partial charge >= 0.3 is 5.97 Å². The lowest BCUT2D eigenvalue weighted by Crippen LogP contribution is -2.34. The van der Waals surface area contributed by atoms with E-state index in [0.29, 0.717) is 17.8 Å². The van der Waals surface area contributed by atoms with Crippen LogP contribution in [0.1, 0.15) is 22.8 Å². The molecule has 0 aliphatic heterocycles. The maximum absolute atomic E-state index is 13.2. The molecule has 6 heteroatoms. The molecule has 0 bridgehead atoms. The number of methoxy groups -OCH3 is 1. The molecule has 3 aromatic rings. The number of aromatic nitrogens is 2. The predicted octanol–water partition coefficient (Wildman–Crippen LogP) is 3.48. The summed E-state index contributed by atoms with van der Waals surface area (Å²) in [6.07, 6.45) is 1.77. The number of rotatable bonds is 7. The van der Waals surface area contributed by atoms with E-state index in [4.69, 9.17) is 4.74 Å². The predicted molar refractivity (Wildman–Crippen MR) is 111 cm³/mol. The topological polar surface area (TPSA) is 64.4 Å². The van der Waals surface area contributed by atoms with Gasteiger partial charge in [-0.05, 0) is 5.56 Å². The average molecular weight is 391 g/mol. The average Bonchev–Trinajstić information content (AvgIpc) is 3.17. The van der Waals surface area contributed by atoms with Crippen molar-refractivity contribution in [3.8, 4) is 11.3 Å². The van der Waals surface area contributed by atoms with E-state index >= 15 is 0 Å². The highest BCUT2D eigenvalue weighted by Gasteiger charge is 2.24. The van der Waals surface area contributed by atoms with Crippen molar-refractivity contribution in [3.63, 3.8) is 0 Å². The fraction of sp³-hybridized carbons (Fsp3) is 0.261. The van der Waals surface area contributed by atoms with Gasteiger partial charge in [-0.2, -0.15) is 5.10 Å². The molecule has 1 unspecified atom stereocenters. The first-order valence-corrected chi connectivity index (χ1v) is 9.49. The van der Waals surface area contributed by atoms with Gasteiger partial charge in [-0.15, -0.1) is 0 Å². The number of amides is 1. The van der Waals surface area contributed by atoms with Crippen molar-refractivity contribution in [1.29, 1.82) is 0 Å². The smallest absolute Gasteiger partial charge is 0.310 e. The lowest BCUT2D eigenvalue weighted by Gasteiger charge is -2.20. The van der Waals surface area contributed by atoms with Gasteiger partial charge in [0.05, 0.1) is 25.1 Å². The van der Waals surface area contributed by atoms with Crippen LogP contribution in [0.15, 0.2) is 66.9 Å². The summed E-state index contributed by atoms with van der Waals surface area (Å²) in [6.45, 7) is 2.58. The molecule has 29 heavy (non-hydrogen) atoms. The third-order valence-corrected chi connectivity index (χ3v) is 4.72. The van der Waals surface area contributed by atoms with Crippen molar-refractivity contribution in [1.82, 2.24) is 14.7 Å². The standard InChI is InChI=1S/C23H25N3O3/c1-17(23(28)29-3)14-25(2)22(27)20-16-26(15-18-10-6-4-7-11-18)24-21(20)19-12-8-5-9-13-19/h4-13,16-17H,14-15H2,1-3H3. The summed E-state index contributed by atoms with van der Waals surface area (Å²) < 4.78 is 6.55. The van der Waals surface area contributed by atoms with Crippen molar-refractivity contribution in [2.75, 3.05) is 20.7 Å². The highest BCUT2D eigenvalue weighted by Crippen LogP contribution is 2.24. The number of carbonyl (C=O) groups excluding carboxylic acids is 2. The zero-order valence-corrected chi connectivity index (χ0v) is 16.9. The van der Waals surface area contributed by atoms with E-state index < -0.39 is 5.92 Å². The van der Waals surface area contributed by atoms with E-state index in [1.165, 1.54) is 12.0 Å². The SMILES string of the molecule is COC(=O)C(C)CN(C)C(=O)c1cn(Cc2ccccc2)nc1-c1ccccc1. The first-order chi connectivity index (χ1) is 14.0. The second kappa shape index (κ2) is 9.19. The van der Waals surface area contributed by atoms with Gasteiger partial charge in [0.25, 0.3) is 5.91 Å². The molecule has 0 aliphatic rings. The fourth-order valence-corrected chi connectivity index (χ4v) is 3.21. The van der Waals surface area contributed by atoms with Crippen LogP contribution in [-0.4, -0.2) is 47.3 Å². The summed E-state index contributed by atoms with van der Waals surface area (Å²) in [5.74, 6) is -0.930. The van der Waals surface area contributed by atoms with Crippen molar-refractivity contribution in [2.24, 2.45) is 5.92 Å². The number of carbonyl (C=O) groups is 2. The number of esters is 1. The summed E-state index contributed by atoms with van der Waals surface area (Å²) in [5.41, 5.74) is 3.11. The Bertz CT molecular complexity index is 968.